The maximum atomic E-state index is 12.7. The molecule has 0 fully saturated rings. The van der Waals surface area contributed by atoms with E-state index in [4.69, 9.17) is 11.8 Å². The molecular formula is C7H6ClFN. The third kappa shape index (κ3) is 1.69. The van der Waals surface area contributed by atoms with Crippen LogP contribution in [0.5, 0.6) is 0 Å². The molecule has 1 nitrogen and oxygen atoms in total. The Bertz CT molecular complexity index is 215. The first-order valence-corrected chi connectivity index (χ1v) is 3.19. The van der Waals surface area contributed by atoms with Crippen LogP contribution in [0.1, 0.15) is 5.56 Å². The van der Waals surface area contributed by atoms with E-state index in [1.165, 1.54) is 6.07 Å². The molecule has 3 heteroatoms. The minimum absolute atomic E-state index is 0.230. The van der Waals surface area contributed by atoms with Gasteiger partial charge in [0.15, 0.2) is 0 Å². The summed E-state index contributed by atoms with van der Waals surface area (Å²) in [6.45, 7) is 0.230. The van der Waals surface area contributed by atoms with Crippen LogP contribution in [0.3, 0.4) is 0 Å². The van der Waals surface area contributed by atoms with E-state index in [9.17, 15) is 4.39 Å². The lowest BCUT2D eigenvalue weighted by Crippen LogP contribution is -1.94. The highest BCUT2D eigenvalue weighted by atomic mass is 35.5. The van der Waals surface area contributed by atoms with Gasteiger partial charge in [-0.2, -0.15) is 0 Å². The molecule has 0 saturated carbocycles. The van der Waals surface area contributed by atoms with E-state index in [-0.39, 0.29) is 12.4 Å². The molecule has 0 heterocycles. The Hall–Kier alpha value is -0.600. The van der Waals surface area contributed by atoms with Gasteiger partial charge in [-0.15, -0.1) is 4.84 Å². The Balaban J connectivity index is 2.81. The Labute approximate surface area is 63.9 Å². The number of hydrogen-bond donors (Lipinski definition) is 0. The zero-order valence-electron chi connectivity index (χ0n) is 5.22. The average molecular weight is 159 g/mol. The van der Waals surface area contributed by atoms with Crippen molar-refractivity contribution < 1.29 is 4.39 Å². The molecule has 0 amide bonds. The molecule has 0 N–H and O–H groups in total. The van der Waals surface area contributed by atoms with E-state index in [2.05, 4.69) is 4.84 Å². The van der Waals surface area contributed by atoms with Crippen molar-refractivity contribution in [3.8, 4) is 0 Å². The predicted octanol–water partition coefficient (Wildman–Crippen LogP) is 2.08. The maximum absolute atomic E-state index is 12.7. The largest absolute Gasteiger partial charge is 0.207 e. The fraction of sp³-hybridized carbons (Fsp3) is 0.143. The first-order valence-electron chi connectivity index (χ1n) is 2.86. The predicted molar refractivity (Wildman–Crippen MR) is 38.1 cm³/mol. The Morgan fingerprint density at radius 3 is 2.70 bits per heavy atom. The van der Waals surface area contributed by atoms with E-state index in [1.54, 1.807) is 18.2 Å². The topological polar surface area (TPSA) is 14.1 Å². The molecule has 1 aromatic rings. The number of benzene rings is 1. The molecule has 1 aromatic carbocycles. The van der Waals surface area contributed by atoms with Gasteiger partial charge in [-0.3, -0.25) is 0 Å². The van der Waals surface area contributed by atoms with E-state index >= 15 is 0 Å². The molecule has 1 radical (unpaired) electrons. The second-order valence-corrected chi connectivity index (χ2v) is 2.11. The van der Waals surface area contributed by atoms with Gasteiger partial charge in [-0.25, -0.2) is 4.39 Å². The third-order valence-corrected chi connectivity index (χ3v) is 1.31. The molecule has 0 aromatic heterocycles. The van der Waals surface area contributed by atoms with Crippen LogP contribution in [0, 0.1) is 5.82 Å². The van der Waals surface area contributed by atoms with Crippen molar-refractivity contribution in [2.75, 3.05) is 0 Å². The number of rotatable bonds is 2. The quantitative estimate of drug-likeness (QED) is 0.626. The van der Waals surface area contributed by atoms with Gasteiger partial charge >= 0.3 is 0 Å². The zero-order valence-corrected chi connectivity index (χ0v) is 5.98. The summed E-state index contributed by atoms with van der Waals surface area (Å²) in [5, 5.41) is 0. The maximum Gasteiger partial charge on any atom is 0.127 e. The van der Waals surface area contributed by atoms with Crippen LogP contribution in [-0.2, 0) is 6.54 Å². The monoisotopic (exact) mass is 158 g/mol. The van der Waals surface area contributed by atoms with E-state index in [1.807, 2.05) is 0 Å². The smallest absolute Gasteiger partial charge is 0.127 e. The van der Waals surface area contributed by atoms with Crippen molar-refractivity contribution >= 4 is 11.8 Å². The first-order chi connectivity index (χ1) is 4.84. The second kappa shape index (κ2) is 3.54. The first kappa shape index (κ1) is 7.51. The highest BCUT2D eigenvalue weighted by Crippen LogP contribution is 2.05. The summed E-state index contributed by atoms with van der Waals surface area (Å²) in [6.07, 6.45) is 0. The normalized spacial score (nSPS) is 9.80. The molecule has 1 rings (SSSR count). The lowest BCUT2D eigenvalue weighted by molar-refractivity contribution is 0.607. The summed E-state index contributed by atoms with van der Waals surface area (Å²) < 4.78 is 12.7. The van der Waals surface area contributed by atoms with Crippen LogP contribution >= 0.6 is 11.8 Å². The summed E-state index contributed by atoms with van der Waals surface area (Å²) in [5.41, 5.74) is 0.525. The molecule has 0 aliphatic rings. The standard InChI is InChI=1S/C7H6ClFN/c8-10-5-6-3-1-2-4-7(6)9/h1-4H,5H2. The van der Waals surface area contributed by atoms with Crippen molar-refractivity contribution in [1.82, 2.24) is 4.84 Å². The lowest BCUT2D eigenvalue weighted by Gasteiger charge is -1.96. The van der Waals surface area contributed by atoms with Crippen molar-refractivity contribution in [3.63, 3.8) is 0 Å². The SMILES string of the molecule is Fc1ccccc1C[N]Cl. The van der Waals surface area contributed by atoms with Gasteiger partial charge in [0.25, 0.3) is 0 Å². The molecule has 0 bridgehead atoms. The summed E-state index contributed by atoms with van der Waals surface area (Å²) in [5.74, 6) is -0.257. The number of hydrogen-bond acceptors (Lipinski definition) is 0. The van der Waals surface area contributed by atoms with Gasteiger partial charge in [-0.05, 0) is 17.8 Å². The molecular weight excluding hydrogens is 153 g/mol. The number of nitrogens with zero attached hydrogens (tertiary/aromatic N) is 1. The van der Waals surface area contributed by atoms with E-state index in [0.717, 1.165) is 0 Å². The molecule has 0 aliphatic carbocycles. The van der Waals surface area contributed by atoms with Gasteiger partial charge in [-0.1, -0.05) is 18.2 Å². The summed E-state index contributed by atoms with van der Waals surface area (Å²) in [7, 11) is 0. The van der Waals surface area contributed by atoms with Gasteiger partial charge in [0.1, 0.15) is 5.82 Å². The van der Waals surface area contributed by atoms with Gasteiger partial charge in [0.05, 0.1) is 6.54 Å². The average Bonchev–Trinajstić information content (AvgIpc) is 1.94. The van der Waals surface area contributed by atoms with E-state index in [0.29, 0.717) is 5.56 Å². The van der Waals surface area contributed by atoms with Gasteiger partial charge < -0.3 is 0 Å². The van der Waals surface area contributed by atoms with Crippen LogP contribution in [0.4, 0.5) is 4.39 Å². The van der Waals surface area contributed by atoms with E-state index < -0.39 is 0 Å². The van der Waals surface area contributed by atoms with Crippen LogP contribution in [0.2, 0.25) is 0 Å². The molecule has 0 saturated heterocycles. The van der Waals surface area contributed by atoms with Gasteiger partial charge in [0, 0.05) is 5.56 Å². The highest BCUT2D eigenvalue weighted by Gasteiger charge is 1.97. The van der Waals surface area contributed by atoms with Crippen molar-refractivity contribution in [3.05, 3.63) is 35.6 Å². The van der Waals surface area contributed by atoms with Crippen LogP contribution < -0.4 is 4.84 Å². The molecule has 0 spiro atoms. The third-order valence-electron chi connectivity index (χ3n) is 1.19. The molecule has 10 heavy (non-hydrogen) atoms. The van der Waals surface area contributed by atoms with Gasteiger partial charge in [0.2, 0.25) is 0 Å². The molecule has 0 aliphatic heterocycles. The van der Waals surface area contributed by atoms with Crippen LogP contribution in [0.15, 0.2) is 24.3 Å². The van der Waals surface area contributed by atoms with Crippen molar-refractivity contribution in [2.45, 2.75) is 6.54 Å². The highest BCUT2D eigenvalue weighted by molar-refractivity contribution is 6.13. The molecule has 53 valence electrons. The fourth-order valence-electron chi connectivity index (χ4n) is 0.691. The Kier molecular flexibility index (Phi) is 2.66. The second-order valence-electron chi connectivity index (χ2n) is 1.87. The molecule has 0 unspecified atom stereocenters. The minimum Gasteiger partial charge on any atom is -0.207 e. The Morgan fingerprint density at radius 2 is 2.10 bits per heavy atom. The molecule has 0 atom stereocenters. The van der Waals surface area contributed by atoms with Crippen molar-refractivity contribution in [1.29, 1.82) is 0 Å². The van der Waals surface area contributed by atoms with Crippen molar-refractivity contribution in [2.24, 2.45) is 0 Å². The zero-order chi connectivity index (χ0) is 7.40. The van der Waals surface area contributed by atoms with Crippen LogP contribution in [0.25, 0.3) is 0 Å². The summed E-state index contributed by atoms with van der Waals surface area (Å²) in [4.78, 5) is 3.30. The minimum atomic E-state index is -0.257. The summed E-state index contributed by atoms with van der Waals surface area (Å²) >= 11 is 5.07. The fourth-order valence-corrected chi connectivity index (χ4v) is 0.820. The lowest BCUT2D eigenvalue weighted by atomic mass is 10.2. The number of halogens is 2. The summed E-state index contributed by atoms with van der Waals surface area (Å²) in [6, 6.07) is 6.42. The van der Waals surface area contributed by atoms with Crippen LogP contribution in [-0.4, -0.2) is 0 Å². The Morgan fingerprint density at radius 1 is 1.40 bits per heavy atom.